The first-order valence-corrected chi connectivity index (χ1v) is 6.97. The Morgan fingerprint density at radius 3 is 2.79 bits per heavy atom. The van der Waals surface area contributed by atoms with Gasteiger partial charge in [-0.1, -0.05) is 25.3 Å². The molecule has 0 aromatic heterocycles. The Morgan fingerprint density at radius 2 is 2.05 bits per heavy atom. The van der Waals surface area contributed by atoms with Crippen LogP contribution in [0.15, 0.2) is 24.3 Å². The van der Waals surface area contributed by atoms with Crippen molar-refractivity contribution in [1.29, 1.82) is 0 Å². The van der Waals surface area contributed by atoms with Crippen LogP contribution in [-0.2, 0) is 0 Å². The van der Waals surface area contributed by atoms with Crippen molar-refractivity contribution in [1.82, 2.24) is 5.32 Å². The molecule has 1 aromatic carbocycles. The third kappa shape index (κ3) is 2.05. The highest BCUT2D eigenvalue weighted by Crippen LogP contribution is 2.39. The summed E-state index contributed by atoms with van der Waals surface area (Å²) in [4.78, 5) is 14.2. The lowest BCUT2D eigenvalue weighted by atomic mass is 9.81. The number of carbonyl (C=O) groups is 1. The number of methoxy groups -OCH3 is 1. The normalized spacial score (nSPS) is 21.5. The SMILES string of the molecule is COc1cccc(N2C(=O)NCC23CCCCC3)c1. The van der Waals surface area contributed by atoms with Gasteiger partial charge in [-0.3, -0.25) is 4.90 Å². The summed E-state index contributed by atoms with van der Waals surface area (Å²) in [6.07, 6.45) is 5.86. The Kier molecular flexibility index (Phi) is 3.09. The van der Waals surface area contributed by atoms with E-state index >= 15 is 0 Å². The second-order valence-corrected chi connectivity index (χ2v) is 5.48. The van der Waals surface area contributed by atoms with Crippen molar-refractivity contribution in [2.24, 2.45) is 0 Å². The maximum atomic E-state index is 12.2. The van der Waals surface area contributed by atoms with E-state index in [2.05, 4.69) is 5.32 Å². The van der Waals surface area contributed by atoms with Crippen LogP contribution in [0.1, 0.15) is 32.1 Å². The van der Waals surface area contributed by atoms with Gasteiger partial charge in [0.2, 0.25) is 0 Å². The average molecular weight is 260 g/mol. The van der Waals surface area contributed by atoms with Crippen LogP contribution in [-0.4, -0.2) is 25.2 Å². The van der Waals surface area contributed by atoms with Crippen LogP contribution in [0.2, 0.25) is 0 Å². The predicted molar refractivity (Wildman–Crippen MR) is 74.7 cm³/mol. The van der Waals surface area contributed by atoms with Gasteiger partial charge in [0.25, 0.3) is 0 Å². The molecule has 1 heterocycles. The van der Waals surface area contributed by atoms with Crippen LogP contribution in [0, 0.1) is 0 Å². The lowest BCUT2D eigenvalue weighted by Crippen LogP contribution is -2.48. The first-order valence-electron chi connectivity index (χ1n) is 6.97. The highest BCUT2D eigenvalue weighted by atomic mass is 16.5. The number of anilines is 1. The number of nitrogens with one attached hydrogen (secondary N) is 1. The molecule has 0 unspecified atom stereocenters. The third-order valence-corrected chi connectivity index (χ3v) is 4.34. The van der Waals surface area contributed by atoms with Crippen LogP contribution in [0.4, 0.5) is 10.5 Å². The number of nitrogens with zero attached hydrogens (tertiary/aromatic N) is 1. The fourth-order valence-corrected chi connectivity index (χ4v) is 3.36. The lowest BCUT2D eigenvalue weighted by Gasteiger charge is -2.40. The maximum absolute atomic E-state index is 12.2. The van der Waals surface area contributed by atoms with E-state index in [-0.39, 0.29) is 11.6 Å². The molecule has 4 nitrogen and oxygen atoms in total. The molecule has 4 heteroatoms. The van der Waals surface area contributed by atoms with Crippen molar-refractivity contribution in [2.45, 2.75) is 37.6 Å². The molecule has 1 N–H and O–H groups in total. The van der Waals surface area contributed by atoms with E-state index in [9.17, 15) is 4.79 Å². The number of urea groups is 1. The summed E-state index contributed by atoms with van der Waals surface area (Å²) < 4.78 is 5.27. The number of rotatable bonds is 2. The van der Waals surface area contributed by atoms with Gasteiger partial charge < -0.3 is 10.1 Å². The van der Waals surface area contributed by atoms with E-state index in [0.717, 1.165) is 30.8 Å². The topological polar surface area (TPSA) is 41.6 Å². The highest BCUT2D eigenvalue weighted by molar-refractivity contribution is 5.96. The number of benzene rings is 1. The van der Waals surface area contributed by atoms with Crippen LogP contribution >= 0.6 is 0 Å². The van der Waals surface area contributed by atoms with Gasteiger partial charge in [0.15, 0.2) is 0 Å². The summed E-state index contributed by atoms with van der Waals surface area (Å²) in [5, 5.41) is 3.01. The summed E-state index contributed by atoms with van der Waals surface area (Å²) >= 11 is 0. The summed E-state index contributed by atoms with van der Waals surface area (Å²) in [6.45, 7) is 0.767. The van der Waals surface area contributed by atoms with Crippen molar-refractivity contribution in [3.05, 3.63) is 24.3 Å². The Morgan fingerprint density at radius 1 is 1.26 bits per heavy atom. The molecule has 0 radical (unpaired) electrons. The number of hydrogen-bond acceptors (Lipinski definition) is 2. The molecule has 19 heavy (non-hydrogen) atoms. The minimum Gasteiger partial charge on any atom is -0.497 e. The van der Waals surface area contributed by atoms with Crippen molar-refractivity contribution in [3.63, 3.8) is 0 Å². The van der Waals surface area contributed by atoms with Crippen molar-refractivity contribution in [3.8, 4) is 5.75 Å². The Bertz CT molecular complexity index is 481. The summed E-state index contributed by atoms with van der Waals surface area (Å²) in [6, 6.07) is 7.81. The molecule has 1 aromatic rings. The van der Waals surface area contributed by atoms with Crippen LogP contribution < -0.4 is 15.0 Å². The number of hydrogen-bond donors (Lipinski definition) is 1. The zero-order valence-corrected chi connectivity index (χ0v) is 11.3. The van der Waals surface area contributed by atoms with E-state index in [1.807, 2.05) is 29.2 Å². The lowest BCUT2D eigenvalue weighted by molar-refractivity contribution is 0.248. The van der Waals surface area contributed by atoms with Crippen LogP contribution in [0.5, 0.6) is 5.75 Å². The second-order valence-electron chi connectivity index (χ2n) is 5.48. The van der Waals surface area contributed by atoms with E-state index in [4.69, 9.17) is 4.74 Å². The van der Waals surface area contributed by atoms with Crippen molar-refractivity contribution >= 4 is 11.7 Å². The van der Waals surface area contributed by atoms with Gasteiger partial charge >= 0.3 is 6.03 Å². The number of amides is 2. The largest absolute Gasteiger partial charge is 0.497 e. The smallest absolute Gasteiger partial charge is 0.322 e. The number of carbonyl (C=O) groups excluding carboxylic acids is 1. The summed E-state index contributed by atoms with van der Waals surface area (Å²) in [5.74, 6) is 0.795. The Hall–Kier alpha value is -1.71. The van der Waals surface area contributed by atoms with Crippen LogP contribution in [0.25, 0.3) is 0 Å². The van der Waals surface area contributed by atoms with Gasteiger partial charge in [0.1, 0.15) is 5.75 Å². The second kappa shape index (κ2) is 4.76. The minimum atomic E-state index is -0.0261. The Labute approximate surface area is 113 Å². The average Bonchev–Trinajstić information content (AvgIpc) is 2.76. The molecule has 2 aliphatic rings. The molecule has 1 aliphatic carbocycles. The molecule has 0 bridgehead atoms. The molecule has 3 rings (SSSR count). The molecule has 102 valence electrons. The van der Waals surface area contributed by atoms with Gasteiger partial charge in [-0.2, -0.15) is 0 Å². The monoisotopic (exact) mass is 260 g/mol. The fraction of sp³-hybridized carbons (Fsp3) is 0.533. The predicted octanol–water partition coefficient (Wildman–Crippen LogP) is 2.93. The first kappa shape index (κ1) is 12.3. The fourth-order valence-electron chi connectivity index (χ4n) is 3.36. The van der Waals surface area contributed by atoms with Gasteiger partial charge in [0, 0.05) is 18.3 Å². The van der Waals surface area contributed by atoms with E-state index < -0.39 is 0 Å². The number of ether oxygens (including phenoxy) is 1. The minimum absolute atomic E-state index is 0.0233. The van der Waals surface area contributed by atoms with Gasteiger partial charge in [0.05, 0.1) is 12.6 Å². The molecule has 0 atom stereocenters. The molecule has 2 fully saturated rings. The van der Waals surface area contributed by atoms with Gasteiger partial charge in [-0.05, 0) is 25.0 Å². The first-order chi connectivity index (χ1) is 9.25. The maximum Gasteiger partial charge on any atom is 0.322 e. The zero-order chi connectivity index (χ0) is 13.3. The molecule has 1 saturated carbocycles. The third-order valence-electron chi connectivity index (χ3n) is 4.34. The standard InChI is InChI=1S/C15H20N2O2/c1-19-13-7-5-6-12(10-13)17-14(18)16-11-15(17)8-3-2-4-9-15/h5-7,10H,2-4,8-9,11H2,1H3,(H,16,18). The molecular formula is C15H20N2O2. The molecule has 1 saturated heterocycles. The Balaban J connectivity index is 1.97. The molecule has 2 amide bonds. The molecule has 1 spiro atoms. The van der Waals surface area contributed by atoms with Gasteiger partial charge in [-0.25, -0.2) is 4.79 Å². The molecule has 1 aliphatic heterocycles. The summed E-state index contributed by atoms with van der Waals surface area (Å²) in [5.41, 5.74) is 0.915. The quantitative estimate of drug-likeness (QED) is 0.888. The van der Waals surface area contributed by atoms with E-state index in [1.54, 1.807) is 7.11 Å². The van der Waals surface area contributed by atoms with E-state index in [1.165, 1.54) is 19.3 Å². The van der Waals surface area contributed by atoms with E-state index in [0.29, 0.717) is 0 Å². The summed E-state index contributed by atoms with van der Waals surface area (Å²) in [7, 11) is 1.65. The van der Waals surface area contributed by atoms with Crippen LogP contribution in [0.3, 0.4) is 0 Å². The molecular weight excluding hydrogens is 240 g/mol. The zero-order valence-electron chi connectivity index (χ0n) is 11.3. The highest BCUT2D eigenvalue weighted by Gasteiger charge is 2.46. The van der Waals surface area contributed by atoms with Crippen molar-refractivity contribution in [2.75, 3.05) is 18.6 Å². The van der Waals surface area contributed by atoms with Crippen molar-refractivity contribution < 1.29 is 9.53 Å². The van der Waals surface area contributed by atoms with Gasteiger partial charge in [-0.15, -0.1) is 0 Å².